The van der Waals surface area contributed by atoms with E-state index in [2.05, 4.69) is 10.3 Å². The van der Waals surface area contributed by atoms with Crippen LogP contribution in [-0.4, -0.2) is 84.6 Å². The third-order valence-electron chi connectivity index (χ3n) is 7.68. The predicted molar refractivity (Wildman–Crippen MR) is 178 cm³/mol. The van der Waals surface area contributed by atoms with Crippen LogP contribution in [-0.2, 0) is 36.1 Å². The van der Waals surface area contributed by atoms with Crippen LogP contribution in [0.2, 0.25) is 5.02 Å². The lowest BCUT2D eigenvalue weighted by molar-refractivity contribution is -0.135. The number of hydrogen-bond donors (Lipinski definition) is 2. The van der Waals surface area contributed by atoms with Crippen molar-refractivity contribution >= 4 is 43.7 Å². The second-order valence-corrected chi connectivity index (χ2v) is 16.0. The first kappa shape index (κ1) is 36.3. The summed E-state index contributed by atoms with van der Waals surface area (Å²) in [5, 5.41) is 2.54. The molecule has 0 saturated carbocycles. The van der Waals surface area contributed by atoms with Crippen LogP contribution >= 0.6 is 11.6 Å². The molecule has 1 fully saturated rings. The topological polar surface area (TPSA) is 163 Å². The first-order valence-electron chi connectivity index (χ1n) is 14.9. The van der Waals surface area contributed by atoms with Gasteiger partial charge in [0.1, 0.15) is 17.4 Å². The van der Waals surface area contributed by atoms with E-state index in [4.69, 9.17) is 16.3 Å². The van der Waals surface area contributed by atoms with E-state index in [-0.39, 0.29) is 29.6 Å². The summed E-state index contributed by atoms with van der Waals surface area (Å²) in [4.78, 5) is 31.9. The molecule has 1 aliphatic heterocycles. The lowest BCUT2D eigenvalue weighted by Gasteiger charge is -2.42. The van der Waals surface area contributed by atoms with Gasteiger partial charge in [-0.15, -0.1) is 0 Å². The normalized spacial score (nSPS) is 16.8. The average molecular weight is 707 g/mol. The summed E-state index contributed by atoms with van der Waals surface area (Å²) in [6.45, 7) is 7.94. The van der Waals surface area contributed by atoms with E-state index in [1.54, 1.807) is 64.4 Å². The van der Waals surface area contributed by atoms with Crippen LogP contribution in [0.15, 0.2) is 65.8 Å². The number of piperazine rings is 1. The molecule has 47 heavy (non-hydrogen) atoms. The van der Waals surface area contributed by atoms with Gasteiger partial charge in [0.05, 0.1) is 10.9 Å². The van der Waals surface area contributed by atoms with Crippen molar-refractivity contribution in [2.45, 2.75) is 63.6 Å². The molecule has 4 rings (SSSR count). The number of aromatic nitrogens is 1. The van der Waals surface area contributed by atoms with Crippen LogP contribution in [0.25, 0.3) is 11.1 Å². The zero-order valence-corrected chi connectivity index (χ0v) is 29.2. The molecule has 2 N–H and O–H groups in total. The Balaban J connectivity index is 1.77. The Bertz CT molecular complexity index is 1860. The number of pyridine rings is 1. The molecule has 1 saturated heterocycles. The second-order valence-electron chi connectivity index (χ2n) is 12.2. The Labute approximate surface area is 280 Å². The Hall–Kier alpha value is -3.56. The number of hydrogen-bond acceptors (Lipinski definition) is 8. The molecule has 0 radical (unpaired) electrons. The highest BCUT2D eigenvalue weighted by atomic mass is 35.5. The number of sulfonamides is 1. The SMILES string of the molecule is CCc1cnccc1-c1cccc(C2CN(C(=O)[C@H](CS(=O)(=O)O)NC(=O)OC(C)(C)C)CCN2S(=O)(=O)c2cccc(Cl)c2C)c1. The van der Waals surface area contributed by atoms with E-state index in [0.717, 1.165) is 16.7 Å². The molecule has 2 atom stereocenters. The van der Waals surface area contributed by atoms with E-state index < -0.39 is 55.6 Å². The van der Waals surface area contributed by atoms with Crippen molar-refractivity contribution in [1.82, 2.24) is 19.5 Å². The minimum Gasteiger partial charge on any atom is -0.444 e. The molecule has 0 aliphatic carbocycles. The fourth-order valence-corrected chi connectivity index (χ4v) is 8.20. The molecule has 2 heterocycles. The van der Waals surface area contributed by atoms with Crippen molar-refractivity contribution in [2.75, 3.05) is 25.4 Å². The molecular weight excluding hydrogens is 668 g/mol. The molecular formula is C32H39ClN4O8S2. The van der Waals surface area contributed by atoms with Crippen molar-refractivity contribution in [3.8, 4) is 11.1 Å². The molecule has 2 amide bonds. The Morgan fingerprint density at radius 1 is 1.11 bits per heavy atom. The lowest BCUT2D eigenvalue weighted by atomic mass is 9.95. The summed E-state index contributed by atoms with van der Waals surface area (Å²) in [5.41, 5.74) is 2.73. The number of halogens is 1. The van der Waals surface area contributed by atoms with E-state index >= 15 is 0 Å². The van der Waals surface area contributed by atoms with Crippen LogP contribution < -0.4 is 5.32 Å². The van der Waals surface area contributed by atoms with Gasteiger partial charge in [0, 0.05) is 37.1 Å². The van der Waals surface area contributed by atoms with E-state index in [1.807, 2.05) is 25.1 Å². The molecule has 1 unspecified atom stereocenters. The van der Waals surface area contributed by atoms with Crippen molar-refractivity contribution in [3.05, 3.63) is 82.6 Å². The quantitative estimate of drug-likeness (QED) is 0.302. The third-order valence-corrected chi connectivity index (χ3v) is 10.9. The number of carbonyl (C=O) groups excluding carboxylic acids is 2. The Kier molecular flexibility index (Phi) is 11.0. The van der Waals surface area contributed by atoms with Crippen molar-refractivity contribution in [3.63, 3.8) is 0 Å². The van der Waals surface area contributed by atoms with Gasteiger partial charge in [-0.05, 0) is 86.2 Å². The number of amides is 2. The number of benzene rings is 2. The molecule has 0 bridgehead atoms. The first-order valence-corrected chi connectivity index (χ1v) is 18.4. The van der Waals surface area contributed by atoms with E-state index in [0.29, 0.717) is 17.5 Å². The van der Waals surface area contributed by atoms with E-state index in [9.17, 15) is 31.0 Å². The molecule has 2 aromatic carbocycles. The molecule has 254 valence electrons. The minimum absolute atomic E-state index is 0.0178. The van der Waals surface area contributed by atoms with Gasteiger partial charge in [-0.2, -0.15) is 12.7 Å². The zero-order chi connectivity index (χ0) is 34.7. The fraction of sp³-hybridized carbons (Fsp3) is 0.406. The van der Waals surface area contributed by atoms with Crippen molar-refractivity contribution in [1.29, 1.82) is 0 Å². The highest BCUT2D eigenvalue weighted by Gasteiger charge is 2.41. The molecule has 3 aromatic rings. The fourth-order valence-electron chi connectivity index (χ4n) is 5.48. The Morgan fingerprint density at radius 2 is 1.81 bits per heavy atom. The molecule has 15 heteroatoms. The van der Waals surface area contributed by atoms with Gasteiger partial charge >= 0.3 is 6.09 Å². The summed E-state index contributed by atoms with van der Waals surface area (Å²) in [7, 11) is -8.89. The summed E-state index contributed by atoms with van der Waals surface area (Å²) >= 11 is 6.31. The Morgan fingerprint density at radius 3 is 2.47 bits per heavy atom. The third kappa shape index (κ3) is 8.87. The maximum atomic E-state index is 14.2. The summed E-state index contributed by atoms with van der Waals surface area (Å²) in [6, 6.07) is 11.2. The van der Waals surface area contributed by atoms with Gasteiger partial charge in [0.25, 0.3) is 10.1 Å². The molecule has 1 aromatic heterocycles. The van der Waals surface area contributed by atoms with Crippen LogP contribution in [0.3, 0.4) is 0 Å². The second kappa shape index (κ2) is 14.3. The largest absolute Gasteiger partial charge is 0.444 e. The highest BCUT2D eigenvalue weighted by molar-refractivity contribution is 7.89. The average Bonchev–Trinajstić information content (AvgIpc) is 2.99. The van der Waals surface area contributed by atoms with Crippen molar-refractivity contribution < 1.29 is 35.7 Å². The maximum absolute atomic E-state index is 14.2. The smallest absolute Gasteiger partial charge is 0.408 e. The number of carbonyl (C=O) groups is 2. The summed E-state index contributed by atoms with van der Waals surface area (Å²) < 4.78 is 68.4. The van der Waals surface area contributed by atoms with Gasteiger partial charge < -0.3 is 15.0 Å². The lowest BCUT2D eigenvalue weighted by Crippen LogP contribution is -2.58. The number of rotatable bonds is 9. The van der Waals surface area contributed by atoms with Gasteiger partial charge in [-0.1, -0.05) is 42.8 Å². The number of nitrogens with one attached hydrogen (secondary N) is 1. The molecule has 1 aliphatic rings. The van der Waals surface area contributed by atoms with Crippen LogP contribution in [0.5, 0.6) is 0 Å². The predicted octanol–water partition coefficient (Wildman–Crippen LogP) is 4.63. The van der Waals surface area contributed by atoms with Gasteiger partial charge in [-0.25, -0.2) is 13.2 Å². The van der Waals surface area contributed by atoms with Gasteiger partial charge in [0.2, 0.25) is 15.9 Å². The maximum Gasteiger partial charge on any atom is 0.408 e. The number of aryl methyl sites for hydroxylation is 1. The van der Waals surface area contributed by atoms with Crippen molar-refractivity contribution in [2.24, 2.45) is 0 Å². The summed E-state index contributed by atoms with van der Waals surface area (Å²) in [5.74, 6) is -1.93. The molecule has 0 spiro atoms. The highest BCUT2D eigenvalue weighted by Crippen LogP contribution is 2.36. The van der Waals surface area contributed by atoms with Gasteiger partial charge in [-0.3, -0.25) is 14.3 Å². The van der Waals surface area contributed by atoms with Gasteiger partial charge in [0.15, 0.2) is 0 Å². The first-order chi connectivity index (χ1) is 21.9. The number of ether oxygens (including phenoxy) is 1. The van der Waals surface area contributed by atoms with Crippen LogP contribution in [0.4, 0.5) is 4.79 Å². The monoisotopic (exact) mass is 706 g/mol. The zero-order valence-electron chi connectivity index (χ0n) is 26.8. The number of nitrogens with zero attached hydrogens (tertiary/aromatic N) is 3. The minimum atomic E-state index is -4.73. The summed E-state index contributed by atoms with van der Waals surface area (Å²) in [6.07, 6.45) is 3.11. The standard InChI is InChI=1S/C32H39ClN4O8S2/c1-6-22-18-34-14-13-25(22)23-9-7-10-24(17-23)28-19-36(15-16-37(28)47(43,44)29-12-8-11-26(33)21(29)2)30(38)27(20-46(40,41)42)35-31(39)45-32(3,4)5/h7-14,17-18,27-28H,6,15-16,19-20H2,1-5H3,(H,35,39)(H,40,41,42)/t27-,28?/m0/s1. The molecule has 12 nitrogen and oxygen atoms in total. The van der Waals surface area contributed by atoms with E-state index in [1.165, 1.54) is 15.3 Å². The van der Waals surface area contributed by atoms with Crippen LogP contribution in [0, 0.1) is 6.92 Å². The number of alkyl carbamates (subject to hydrolysis) is 1. The van der Waals surface area contributed by atoms with Crippen LogP contribution in [0.1, 0.15) is 50.4 Å².